The minimum Gasteiger partial charge on any atom is -0.368 e. The van der Waals surface area contributed by atoms with Crippen molar-refractivity contribution >= 4 is 5.91 Å². The quantitative estimate of drug-likeness (QED) is 0.686. The molecule has 18 heavy (non-hydrogen) atoms. The first-order valence-corrected chi connectivity index (χ1v) is 7.72. The lowest BCUT2D eigenvalue weighted by Gasteiger charge is -2.35. The molecule has 1 saturated carbocycles. The van der Waals surface area contributed by atoms with Crippen LogP contribution < -0.4 is 11.1 Å². The highest BCUT2D eigenvalue weighted by Gasteiger charge is 2.36. The maximum absolute atomic E-state index is 11.9. The number of nitrogens with one attached hydrogen (secondary N) is 1. The van der Waals surface area contributed by atoms with Crippen LogP contribution in [0.1, 0.15) is 78.1 Å². The van der Waals surface area contributed by atoms with E-state index in [2.05, 4.69) is 19.2 Å². The molecule has 0 aromatic heterocycles. The molecule has 0 spiro atoms. The molecule has 0 saturated heterocycles. The van der Waals surface area contributed by atoms with Crippen molar-refractivity contribution in [1.29, 1.82) is 0 Å². The first kappa shape index (κ1) is 15.5. The lowest BCUT2D eigenvalue weighted by molar-refractivity contribution is -0.125. The van der Waals surface area contributed by atoms with Gasteiger partial charge >= 0.3 is 0 Å². The van der Waals surface area contributed by atoms with Crippen LogP contribution in [0.25, 0.3) is 0 Å². The average Bonchev–Trinajstić information content (AvgIpc) is 2.58. The minimum atomic E-state index is -0.460. The van der Waals surface area contributed by atoms with Crippen LogP contribution in [0.5, 0.6) is 0 Å². The van der Waals surface area contributed by atoms with Crippen molar-refractivity contribution in [2.24, 2.45) is 5.73 Å². The summed E-state index contributed by atoms with van der Waals surface area (Å²) in [4.78, 5) is 11.9. The normalized spacial score (nSPS) is 18.6. The highest BCUT2D eigenvalue weighted by molar-refractivity contribution is 5.84. The number of amides is 1. The molecule has 0 bridgehead atoms. The predicted octanol–water partition coefficient (Wildman–Crippen LogP) is 3.12. The van der Waals surface area contributed by atoms with E-state index in [4.69, 9.17) is 5.73 Å². The molecule has 3 N–H and O–H groups in total. The van der Waals surface area contributed by atoms with E-state index in [1.54, 1.807) is 0 Å². The van der Waals surface area contributed by atoms with Gasteiger partial charge < -0.3 is 11.1 Å². The van der Waals surface area contributed by atoms with Gasteiger partial charge in [0.2, 0.25) is 5.91 Å². The molecule has 1 aliphatic rings. The third-order valence-electron chi connectivity index (χ3n) is 4.16. The highest BCUT2D eigenvalue weighted by Crippen LogP contribution is 2.25. The average molecular weight is 254 g/mol. The summed E-state index contributed by atoms with van der Waals surface area (Å²) in [6, 6.07) is 0.484. The van der Waals surface area contributed by atoms with Gasteiger partial charge in [0, 0.05) is 6.04 Å². The van der Waals surface area contributed by atoms with Crippen LogP contribution in [0, 0.1) is 0 Å². The van der Waals surface area contributed by atoms with Crippen molar-refractivity contribution in [1.82, 2.24) is 5.32 Å². The largest absolute Gasteiger partial charge is 0.368 e. The van der Waals surface area contributed by atoms with E-state index >= 15 is 0 Å². The summed E-state index contributed by atoms with van der Waals surface area (Å²) in [6.45, 7) is 4.25. The van der Waals surface area contributed by atoms with Crippen LogP contribution >= 0.6 is 0 Å². The van der Waals surface area contributed by atoms with Crippen LogP contribution in [0.4, 0.5) is 0 Å². The molecular weight excluding hydrogens is 224 g/mol. The molecule has 1 amide bonds. The molecule has 0 aromatic rings. The zero-order valence-corrected chi connectivity index (χ0v) is 12.1. The molecule has 0 atom stereocenters. The van der Waals surface area contributed by atoms with Gasteiger partial charge in [-0.05, 0) is 25.7 Å². The third-order valence-corrected chi connectivity index (χ3v) is 4.16. The number of carbonyl (C=O) groups excluding carboxylic acids is 1. The SMILES string of the molecule is CCCC(CCC)(NC1CCCCCC1)C(N)=O. The topological polar surface area (TPSA) is 55.1 Å². The number of hydrogen-bond donors (Lipinski definition) is 2. The zero-order chi connectivity index (χ0) is 13.4. The van der Waals surface area contributed by atoms with Gasteiger partial charge in [0.05, 0.1) is 5.54 Å². The van der Waals surface area contributed by atoms with Gasteiger partial charge in [0.15, 0.2) is 0 Å². The zero-order valence-electron chi connectivity index (χ0n) is 12.1. The summed E-state index contributed by atoms with van der Waals surface area (Å²) < 4.78 is 0. The lowest BCUT2D eigenvalue weighted by Crippen LogP contribution is -2.58. The molecule has 0 aromatic carbocycles. The molecule has 0 radical (unpaired) electrons. The highest BCUT2D eigenvalue weighted by atomic mass is 16.1. The van der Waals surface area contributed by atoms with Crippen molar-refractivity contribution in [3.63, 3.8) is 0 Å². The molecule has 1 aliphatic carbocycles. The summed E-state index contributed by atoms with van der Waals surface area (Å²) in [5, 5.41) is 3.64. The number of nitrogens with two attached hydrogens (primary N) is 1. The summed E-state index contributed by atoms with van der Waals surface area (Å²) in [7, 11) is 0. The van der Waals surface area contributed by atoms with Crippen LogP contribution in [-0.2, 0) is 4.79 Å². The first-order chi connectivity index (χ1) is 8.64. The van der Waals surface area contributed by atoms with Crippen molar-refractivity contribution in [3.8, 4) is 0 Å². The number of hydrogen-bond acceptors (Lipinski definition) is 2. The molecule has 3 nitrogen and oxygen atoms in total. The number of carbonyl (C=O) groups is 1. The van der Waals surface area contributed by atoms with Crippen molar-refractivity contribution in [2.75, 3.05) is 0 Å². The molecule has 106 valence electrons. The Kier molecular flexibility index (Phi) is 6.69. The monoisotopic (exact) mass is 254 g/mol. The molecular formula is C15H30N2O. The van der Waals surface area contributed by atoms with Crippen LogP contribution in [0.2, 0.25) is 0 Å². The van der Waals surface area contributed by atoms with Crippen molar-refractivity contribution in [2.45, 2.75) is 89.6 Å². The Morgan fingerprint density at radius 1 is 1.11 bits per heavy atom. The second-order valence-corrected chi connectivity index (χ2v) is 5.78. The molecule has 1 fully saturated rings. The first-order valence-electron chi connectivity index (χ1n) is 7.72. The Balaban J connectivity index is 2.71. The van der Waals surface area contributed by atoms with Crippen molar-refractivity contribution in [3.05, 3.63) is 0 Å². The molecule has 3 heteroatoms. The number of primary amides is 1. The summed E-state index contributed by atoms with van der Waals surface area (Å²) >= 11 is 0. The Labute approximate surface area is 112 Å². The van der Waals surface area contributed by atoms with E-state index in [1.807, 2.05) is 0 Å². The van der Waals surface area contributed by atoms with E-state index in [-0.39, 0.29) is 5.91 Å². The van der Waals surface area contributed by atoms with Crippen LogP contribution in [0.15, 0.2) is 0 Å². The Morgan fingerprint density at radius 2 is 1.61 bits per heavy atom. The second kappa shape index (κ2) is 7.78. The summed E-state index contributed by atoms with van der Waals surface area (Å²) in [5.74, 6) is -0.157. The lowest BCUT2D eigenvalue weighted by atomic mass is 9.86. The Bertz CT molecular complexity index is 239. The fourth-order valence-electron chi connectivity index (χ4n) is 3.25. The summed E-state index contributed by atoms with van der Waals surface area (Å²) in [6.07, 6.45) is 11.4. The minimum absolute atomic E-state index is 0.157. The van der Waals surface area contributed by atoms with E-state index < -0.39 is 5.54 Å². The van der Waals surface area contributed by atoms with E-state index in [0.29, 0.717) is 6.04 Å². The fraction of sp³-hybridized carbons (Fsp3) is 0.933. The van der Waals surface area contributed by atoms with E-state index in [1.165, 1.54) is 38.5 Å². The van der Waals surface area contributed by atoms with Crippen LogP contribution in [0.3, 0.4) is 0 Å². The molecule has 0 heterocycles. The standard InChI is InChI=1S/C15H30N2O/c1-3-11-15(12-4-2,14(16)18)17-13-9-7-5-6-8-10-13/h13,17H,3-12H2,1-2H3,(H2,16,18). The van der Waals surface area contributed by atoms with Gasteiger partial charge in [-0.1, -0.05) is 52.4 Å². The van der Waals surface area contributed by atoms with Gasteiger partial charge in [-0.2, -0.15) is 0 Å². The maximum Gasteiger partial charge on any atom is 0.237 e. The Morgan fingerprint density at radius 3 is 2.00 bits per heavy atom. The predicted molar refractivity (Wildman–Crippen MR) is 76.4 cm³/mol. The molecule has 0 aliphatic heterocycles. The van der Waals surface area contributed by atoms with Gasteiger partial charge in [0.25, 0.3) is 0 Å². The number of rotatable bonds is 7. The summed E-state index contributed by atoms with van der Waals surface area (Å²) in [5.41, 5.74) is 5.24. The van der Waals surface area contributed by atoms with Gasteiger partial charge in [-0.15, -0.1) is 0 Å². The molecule has 0 unspecified atom stereocenters. The maximum atomic E-state index is 11.9. The second-order valence-electron chi connectivity index (χ2n) is 5.78. The Hall–Kier alpha value is -0.570. The van der Waals surface area contributed by atoms with Gasteiger partial charge in [-0.25, -0.2) is 0 Å². The van der Waals surface area contributed by atoms with Gasteiger partial charge in [0.1, 0.15) is 0 Å². The molecule has 1 rings (SSSR count). The smallest absolute Gasteiger partial charge is 0.237 e. The van der Waals surface area contributed by atoms with E-state index in [0.717, 1.165) is 25.7 Å². The van der Waals surface area contributed by atoms with Crippen LogP contribution in [-0.4, -0.2) is 17.5 Å². The van der Waals surface area contributed by atoms with E-state index in [9.17, 15) is 4.79 Å². The fourth-order valence-corrected chi connectivity index (χ4v) is 3.25. The third kappa shape index (κ3) is 4.27. The van der Waals surface area contributed by atoms with Gasteiger partial charge in [-0.3, -0.25) is 4.79 Å². The van der Waals surface area contributed by atoms with Crippen molar-refractivity contribution < 1.29 is 4.79 Å².